The molecule has 1 heterocycles. The number of halogens is 1. The maximum Gasteiger partial charge on any atom is 0.0807 e. The minimum absolute atomic E-state index is 0.432. The Morgan fingerprint density at radius 1 is 2.00 bits per heavy atom. The van der Waals surface area contributed by atoms with E-state index < -0.39 is 0 Å². The van der Waals surface area contributed by atoms with E-state index in [1.807, 2.05) is 6.21 Å². The first-order valence-electron chi connectivity index (χ1n) is 2.54. The summed E-state index contributed by atoms with van der Waals surface area (Å²) in [5, 5.41) is 0. The van der Waals surface area contributed by atoms with Crippen LogP contribution in [0.4, 0.5) is 0 Å². The molecule has 1 aliphatic rings. The molecule has 1 rings (SSSR count). The van der Waals surface area contributed by atoms with Crippen molar-refractivity contribution in [1.29, 1.82) is 0 Å². The Morgan fingerprint density at radius 3 is 3.00 bits per heavy atom. The van der Waals surface area contributed by atoms with Crippen LogP contribution in [0.15, 0.2) is 4.99 Å². The number of hydrogen-bond acceptors (Lipinski definition) is 1. The summed E-state index contributed by atoms with van der Waals surface area (Å²) in [6.45, 7) is 2.19. The molecule has 0 aromatic rings. The molecule has 1 atom stereocenters. The van der Waals surface area contributed by atoms with E-state index in [1.54, 1.807) is 0 Å². The van der Waals surface area contributed by atoms with Crippen molar-refractivity contribution < 1.29 is 0 Å². The summed E-state index contributed by atoms with van der Waals surface area (Å²) in [5.41, 5.74) is 0. The molecule has 0 aliphatic carbocycles. The quantitative estimate of drug-likeness (QED) is 0.446. The van der Waals surface area contributed by atoms with Crippen LogP contribution in [0.3, 0.4) is 0 Å². The molecule has 3 heteroatoms. The third-order valence-corrected chi connectivity index (χ3v) is 4.44. The van der Waals surface area contributed by atoms with E-state index in [1.165, 1.54) is 9.53 Å². The molecule has 1 nitrogen and oxygen atoms in total. The molecule has 1 aliphatic heterocycles. The monoisotopic (exact) mass is 193 g/mol. The molecule has 0 saturated carbocycles. The van der Waals surface area contributed by atoms with Gasteiger partial charge in [-0.2, -0.15) is 0 Å². The number of aliphatic imine (C=N–C) groups is 1. The van der Waals surface area contributed by atoms with Crippen LogP contribution >= 0.6 is 26.4 Å². The maximum atomic E-state index is 4.12. The third kappa shape index (κ3) is 1.20. The molecule has 0 fully saturated rings. The number of rotatable bonds is 1. The van der Waals surface area contributed by atoms with Gasteiger partial charge in [0.25, 0.3) is 0 Å². The lowest BCUT2D eigenvalue weighted by Crippen LogP contribution is -1.82. The summed E-state index contributed by atoms with van der Waals surface area (Å²) in [6, 6.07) is 0. The molecule has 8 heavy (non-hydrogen) atoms. The minimum Gasteiger partial charge on any atom is -0.281 e. The summed E-state index contributed by atoms with van der Waals surface area (Å²) >= 11 is 3.44. The molecular weight excluding hydrogens is 186 g/mol. The van der Waals surface area contributed by atoms with Crippen molar-refractivity contribution in [3.8, 4) is 0 Å². The van der Waals surface area contributed by atoms with Crippen molar-refractivity contribution in [2.45, 2.75) is 6.92 Å². The average Bonchev–Trinajstić information content (AvgIpc) is 2.14. The summed E-state index contributed by atoms with van der Waals surface area (Å²) in [4.78, 5) is 4.12. The van der Waals surface area contributed by atoms with Gasteiger partial charge in [0.05, 0.1) is 9.65 Å². The van der Waals surface area contributed by atoms with E-state index in [0.29, 0.717) is 10.5 Å². The fraction of sp³-hybridized carbons (Fsp3) is 0.600. The van der Waals surface area contributed by atoms with Gasteiger partial charge in [0.1, 0.15) is 0 Å². The topological polar surface area (TPSA) is 12.4 Å². The van der Waals surface area contributed by atoms with Gasteiger partial charge >= 0.3 is 0 Å². The molecule has 0 aromatic heterocycles. The molecule has 0 aromatic carbocycles. The van der Waals surface area contributed by atoms with Gasteiger partial charge in [0.2, 0.25) is 0 Å². The van der Waals surface area contributed by atoms with Crippen LogP contribution in [0.5, 0.6) is 0 Å². The highest BCUT2D eigenvalue weighted by Gasteiger charge is 2.01. The number of hydrogen-bond donors (Lipinski definition) is 0. The van der Waals surface area contributed by atoms with E-state index >= 15 is 0 Å². The first-order valence-corrected chi connectivity index (χ1v) is 4.90. The van der Waals surface area contributed by atoms with Gasteiger partial charge < -0.3 is 0 Å². The Hall–Kier alpha value is 0.370. The summed E-state index contributed by atoms with van der Waals surface area (Å²) in [7, 11) is 0.432. The van der Waals surface area contributed by atoms with E-state index in [9.17, 15) is 0 Å². The lowest BCUT2D eigenvalue weighted by molar-refractivity contribution is 1.39. The highest BCUT2D eigenvalue weighted by Crippen LogP contribution is 2.20. The second kappa shape index (κ2) is 2.78. The maximum absolute atomic E-state index is 4.12. The second-order valence-electron chi connectivity index (χ2n) is 1.53. The van der Waals surface area contributed by atoms with Crippen LogP contribution in [0, 0.1) is 0 Å². The van der Waals surface area contributed by atoms with Gasteiger partial charge in [-0.3, -0.25) is 4.99 Å². The van der Waals surface area contributed by atoms with Gasteiger partial charge in [-0.1, -0.05) is 6.92 Å². The van der Waals surface area contributed by atoms with E-state index in [-0.39, 0.29) is 0 Å². The fourth-order valence-electron chi connectivity index (χ4n) is 0.564. The summed E-state index contributed by atoms with van der Waals surface area (Å²) < 4.78 is 1.29. The zero-order valence-corrected chi connectivity index (χ0v) is 7.13. The lowest BCUT2D eigenvalue weighted by atomic mass is 10.9. The smallest absolute Gasteiger partial charge is 0.0807 e. The molecule has 0 bridgehead atoms. The molecule has 0 saturated heterocycles. The molecule has 0 radical (unpaired) electrons. The van der Waals surface area contributed by atoms with E-state index in [2.05, 4.69) is 27.8 Å². The third-order valence-electron chi connectivity index (χ3n) is 1.05. The lowest BCUT2D eigenvalue weighted by Gasteiger charge is -1.94. The van der Waals surface area contributed by atoms with E-state index in [4.69, 9.17) is 0 Å². The van der Waals surface area contributed by atoms with Crippen LogP contribution < -0.4 is 0 Å². The predicted octanol–water partition coefficient (Wildman–Crippen LogP) is 1.84. The fourth-order valence-corrected chi connectivity index (χ4v) is 2.76. The van der Waals surface area contributed by atoms with Crippen LogP contribution in [-0.2, 0) is 0 Å². The molecule has 1 unspecified atom stereocenters. The first kappa shape index (κ1) is 6.49. The van der Waals surface area contributed by atoms with Crippen LogP contribution in [-0.4, -0.2) is 21.6 Å². The number of nitrogens with zero attached hydrogens (tertiary/aromatic N) is 1. The van der Waals surface area contributed by atoms with Gasteiger partial charge in [-0.05, 0) is 21.7 Å². The SMILES string of the molecule is CCS1=C(Br)C=NC1. The highest BCUT2D eigenvalue weighted by molar-refractivity contribution is 9.21. The molecule has 0 amide bonds. The highest BCUT2D eigenvalue weighted by atomic mass is 79.9. The Kier molecular flexibility index (Phi) is 2.26. The molecular formula is C5H8BrNS. The average molecular weight is 194 g/mol. The minimum atomic E-state index is 0.432. The van der Waals surface area contributed by atoms with Crippen molar-refractivity contribution >= 4 is 36.4 Å². The normalized spacial score (nSPS) is 27.2. The summed E-state index contributed by atoms with van der Waals surface area (Å²) in [6.07, 6.45) is 1.92. The Labute approximate surface area is 60.3 Å². The Bertz CT molecular complexity index is 151. The van der Waals surface area contributed by atoms with Crippen molar-refractivity contribution in [2.24, 2.45) is 4.99 Å². The summed E-state index contributed by atoms with van der Waals surface area (Å²) in [5.74, 6) is 2.23. The van der Waals surface area contributed by atoms with Crippen LogP contribution in [0.2, 0.25) is 0 Å². The second-order valence-corrected chi connectivity index (χ2v) is 5.17. The standard InChI is InChI=1S/C5H8BrNS/c1-2-8-4-7-3-5(8)6/h3H,2,4H2,1H3. The zero-order valence-electron chi connectivity index (χ0n) is 4.72. The Balaban J connectivity index is 2.68. The van der Waals surface area contributed by atoms with Crippen molar-refractivity contribution in [1.82, 2.24) is 0 Å². The van der Waals surface area contributed by atoms with Crippen LogP contribution in [0.25, 0.3) is 0 Å². The van der Waals surface area contributed by atoms with Crippen molar-refractivity contribution in [3.63, 3.8) is 0 Å². The van der Waals surface area contributed by atoms with E-state index in [0.717, 1.165) is 5.88 Å². The molecule has 0 spiro atoms. The zero-order chi connectivity index (χ0) is 5.98. The van der Waals surface area contributed by atoms with Gasteiger partial charge in [0.15, 0.2) is 0 Å². The largest absolute Gasteiger partial charge is 0.281 e. The van der Waals surface area contributed by atoms with Crippen LogP contribution in [0.1, 0.15) is 6.92 Å². The van der Waals surface area contributed by atoms with Crippen molar-refractivity contribution in [2.75, 3.05) is 11.6 Å². The van der Waals surface area contributed by atoms with Gasteiger partial charge in [-0.25, -0.2) is 0 Å². The van der Waals surface area contributed by atoms with Gasteiger partial charge in [0, 0.05) is 6.21 Å². The molecule has 0 N–H and O–H groups in total. The van der Waals surface area contributed by atoms with Gasteiger partial charge in [-0.15, -0.1) is 10.5 Å². The first-order chi connectivity index (χ1) is 3.84. The Morgan fingerprint density at radius 2 is 2.75 bits per heavy atom. The predicted molar refractivity (Wildman–Crippen MR) is 45.4 cm³/mol. The molecule has 46 valence electrons. The van der Waals surface area contributed by atoms with Crippen molar-refractivity contribution in [3.05, 3.63) is 0 Å².